The summed E-state index contributed by atoms with van der Waals surface area (Å²) in [6.07, 6.45) is 2.68. The summed E-state index contributed by atoms with van der Waals surface area (Å²) in [6.45, 7) is 2.63. The smallest absolute Gasteiger partial charge is 0.247 e. The zero-order valence-electron chi connectivity index (χ0n) is 23.3. The zero-order valence-corrected chi connectivity index (χ0v) is 24.0. The second-order valence-corrected chi connectivity index (χ2v) is 10.7. The lowest BCUT2D eigenvalue weighted by Crippen LogP contribution is -2.61. The Kier molecular flexibility index (Phi) is 9.77. The van der Waals surface area contributed by atoms with Crippen LogP contribution in [-0.2, 0) is 27.5 Å². The van der Waals surface area contributed by atoms with E-state index >= 15 is 0 Å². The van der Waals surface area contributed by atoms with E-state index in [4.69, 9.17) is 25.8 Å². The van der Waals surface area contributed by atoms with Crippen molar-refractivity contribution in [2.24, 2.45) is 0 Å². The fraction of sp³-hybridized carbons (Fsp3) is 0.375. The van der Waals surface area contributed by atoms with Gasteiger partial charge in [-0.3, -0.25) is 14.5 Å². The zero-order chi connectivity index (χ0) is 28.6. The third-order valence-corrected chi connectivity index (χ3v) is 7.53. The highest BCUT2D eigenvalue weighted by atomic mass is 35.5. The Hall–Kier alpha value is -3.59. The lowest BCUT2D eigenvalue weighted by atomic mass is 10.1. The highest BCUT2D eigenvalue weighted by Crippen LogP contribution is 2.31. The van der Waals surface area contributed by atoms with Crippen LogP contribution in [0.1, 0.15) is 30.4 Å². The maximum atomic E-state index is 13.8. The lowest BCUT2D eigenvalue weighted by Gasteiger charge is -2.38. The van der Waals surface area contributed by atoms with Gasteiger partial charge in [-0.1, -0.05) is 41.9 Å². The number of anilines is 1. The van der Waals surface area contributed by atoms with Crippen molar-refractivity contribution in [1.82, 2.24) is 10.2 Å². The number of hydrogen-bond donors (Lipinski definition) is 1. The average molecular weight is 578 g/mol. The molecule has 0 spiro atoms. The third kappa shape index (κ3) is 7.58. The number of ether oxygens (including phenoxy) is 3. The summed E-state index contributed by atoms with van der Waals surface area (Å²) in [5.74, 6) is 1.35. The number of para-hydroxylation sites is 1. The van der Waals surface area contributed by atoms with Crippen LogP contribution in [0.5, 0.6) is 11.5 Å². The molecular weight excluding hydrogens is 542 g/mol. The largest absolute Gasteiger partial charge is 0.496 e. The van der Waals surface area contributed by atoms with Crippen molar-refractivity contribution < 1.29 is 23.8 Å². The van der Waals surface area contributed by atoms with Gasteiger partial charge in [-0.05, 0) is 60.9 Å². The molecule has 1 heterocycles. The Balaban J connectivity index is 1.16. The lowest BCUT2D eigenvalue weighted by molar-refractivity contribution is -0.136. The van der Waals surface area contributed by atoms with E-state index in [-0.39, 0.29) is 24.4 Å². The van der Waals surface area contributed by atoms with Crippen LogP contribution in [-0.4, -0.2) is 62.2 Å². The third-order valence-electron chi connectivity index (χ3n) is 7.28. The van der Waals surface area contributed by atoms with Gasteiger partial charge in [-0.15, -0.1) is 0 Å². The van der Waals surface area contributed by atoms with Crippen molar-refractivity contribution in [1.29, 1.82) is 0 Å². The van der Waals surface area contributed by atoms with E-state index in [1.807, 2.05) is 77.7 Å². The van der Waals surface area contributed by atoms with Crippen LogP contribution in [0.3, 0.4) is 0 Å². The van der Waals surface area contributed by atoms with Gasteiger partial charge in [0, 0.05) is 41.8 Å². The molecule has 1 aliphatic carbocycles. The van der Waals surface area contributed by atoms with Crippen molar-refractivity contribution in [2.45, 2.75) is 44.5 Å². The Morgan fingerprint density at radius 2 is 1.78 bits per heavy atom. The fourth-order valence-electron chi connectivity index (χ4n) is 5.00. The number of benzene rings is 3. The van der Waals surface area contributed by atoms with Gasteiger partial charge in [0.2, 0.25) is 11.8 Å². The van der Waals surface area contributed by atoms with E-state index in [0.717, 1.165) is 36.1 Å². The molecule has 2 amide bonds. The summed E-state index contributed by atoms with van der Waals surface area (Å²) in [6, 6.07) is 22.3. The maximum absolute atomic E-state index is 13.8. The molecule has 5 rings (SSSR count). The van der Waals surface area contributed by atoms with Crippen LogP contribution < -0.4 is 19.7 Å². The highest BCUT2D eigenvalue weighted by molar-refractivity contribution is 6.30. The highest BCUT2D eigenvalue weighted by Gasteiger charge is 2.41. The summed E-state index contributed by atoms with van der Waals surface area (Å²) in [5.41, 5.74) is 2.71. The summed E-state index contributed by atoms with van der Waals surface area (Å²) < 4.78 is 17.0. The molecule has 3 aromatic rings. The van der Waals surface area contributed by atoms with Crippen molar-refractivity contribution in [3.63, 3.8) is 0 Å². The minimum Gasteiger partial charge on any atom is -0.496 e. The number of nitrogens with zero attached hydrogens (tertiary/aromatic N) is 2. The van der Waals surface area contributed by atoms with Crippen LogP contribution in [0.25, 0.3) is 0 Å². The van der Waals surface area contributed by atoms with Crippen LogP contribution in [0.15, 0.2) is 72.8 Å². The van der Waals surface area contributed by atoms with Crippen LogP contribution in [0.4, 0.5) is 5.69 Å². The van der Waals surface area contributed by atoms with E-state index in [9.17, 15) is 9.59 Å². The van der Waals surface area contributed by atoms with E-state index in [1.165, 1.54) is 0 Å². The Morgan fingerprint density at radius 3 is 2.51 bits per heavy atom. The second kappa shape index (κ2) is 13.9. The maximum Gasteiger partial charge on any atom is 0.247 e. The number of nitrogens with one attached hydrogen (secondary N) is 1. The first kappa shape index (κ1) is 28.9. The molecule has 2 fully saturated rings. The minimum atomic E-state index is -0.615. The average Bonchev–Trinajstić information content (AvgIpc) is 3.84. The normalized spacial score (nSPS) is 16.9. The molecule has 8 nitrogen and oxygen atoms in total. The molecule has 2 aliphatic rings. The molecule has 1 N–H and O–H groups in total. The molecule has 1 saturated heterocycles. The molecule has 41 heavy (non-hydrogen) atoms. The van der Waals surface area contributed by atoms with E-state index in [2.05, 4.69) is 5.32 Å². The molecule has 9 heteroatoms. The first-order valence-corrected chi connectivity index (χ1v) is 14.4. The molecule has 0 aromatic heterocycles. The van der Waals surface area contributed by atoms with Gasteiger partial charge in [0.05, 0.1) is 33.5 Å². The van der Waals surface area contributed by atoms with Gasteiger partial charge in [0.25, 0.3) is 0 Å². The molecule has 3 aromatic carbocycles. The van der Waals surface area contributed by atoms with Gasteiger partial charge >= 0.3 is 0 Å². The standard InChI is InChI=1S/C32H36ClN3O5/c1-39-30-6-3-2-5-24(30)22-40-17-4-18-41-28-15-13-27(14-16-28)36-29(19-34-20-31(36)37)32(38)35(26-11-12-26)21-23-7-9-25(33)10-8-23/h2-3,5-10,13-16,26,29,34H,4,11-12,17-22H2,1H3/t29-/m1/s1. The summed E-state index contributed by atoms with van der Waals surface area (Å²) in [4.78, 5) is 30.4. The first-order valence-electron chi connectivity index (χ1n) is 14.0. The Morgan fingerprint density at radius 1 is 1.02 bits per heavy atom. The molecule has 1 atom stereocenters. The topological polar surface area (TPSA) is 80.3 Å². The molecule has 1 saturated carbocycles. The quantitative estimate of drug-likeness (QED) is 0.293. The number of piperazine rings is 1. The molecule has 216 valence electrons. The van der Waals surface area contributed by atoms with Crippen LogP contribution in [0, 0.1) is 0 Å². The predicted molar refractivity (Wildman–Crippen MR) is 158 cm³/mol. The number of rotatable bonds is 13. The number of halogens is 1. The van der Waals surface area contributed by atoms with Crippen molar-refractivity contribution >= 4 is 29.1 Å². The van der Waals surface area contributed by atoms with Gasteiger partial charge in [0.15, 0.2) is 0 Å². The van der Waals surface area contributed by atoms with Crippen LogP contribution in [0.2, 0.25) is 5.02 Å². The Labute approximate surface area is 246 Å². The van der Waals surface area contributed by atoms with E-state index in [1.54, 1.807) is 12.0 Å². The van der Waals surface area contributed by atoms with E-state index < -0.39 is 6.04 Å². The number of carbonyl (C=O) groups excluding carboxylic acids is 2. The summed E-state index contributed by atoms with van der Waals surface area (Å²) in [5, 5.41) is 3.79. The molecule has 0 radical (unpaired) electrons. The number of hydrogen-bond acceptors (Lipinski definition) is 6. The molecule has 1 aliphatic heterocycles. The first-order chi connectivity index (χ1) is 20.0. The van der Waals surface area contributed by atoms with Crippen molar-refractivity contribution in [3.8, 4) is 11.5 Å². The molecular formula is C32H36ClN3O5. The number of methoxy groups -OCH3 is 1. The fourth-order valence-corrected chi connectivity index (χ4v) is 5.12. The van der Waals surface area contributed by atoms with Gasteiger partial charge in [-0.2, -0.15) is 0 Å². The predicted octanol–water partition coefficient (Wildman–Crippen LogP) is 4.83. The number of amides is 2. The van der Waals surface area contributed by atoms with Crippen molar-refractivity contribution in [3.05, 3.63) is 88.9 Å². The summed E-state index contributed by atoms with van der Waals surface area (Å²) in [7, 11) is 1.65. The SMILES string of the molecule is COc1ccccc1COCCCOc1ccc(N2C(=O)CNC[C@@H]2C(=O)N(Cc2ccc(Cl)cc2)C2CC2)cc1. The van der Waals surface area contributed by atoms with Crippen LogP contribution >= 0.6 is 11.6 Å². The Bertz CT molecular complexity index is 1310. The van der Waals surface area contributed by atoms with Gasteiger partial charge < -0.3 is 24.4 Å². The summed E-state index contributed by atoms with van der Waals surface area (Å²) >= 11 is 6.05. The second-order valence-electron chi connectivity index (χ2n) is 10.3. The monoisotopic (exact) mass is 577 g/mol. The minimum absolute atomic E-state index is 0.0450. The van der Waals surface area contributed by atoms with Gasteiger partial charge in [0.1, 0.15) is 17.5 Å². The molecule has 0 unspecified atom stereocenters. The molecule has 0 bridgehead atoms. The van der Waals surface area contributed by atoms with Gasteiger partial charge in [-0.25, -0.2) is 0 Å². The van der Waals surface area contributed by atoms with Crippen molar-refractivity contribution in [2.75, 3.05) is 38.3 Å². The number of carbonyl (C=O) groups is 2. The van der Waals surface area contributed by atoms with E-state index in [0.29, 0.717) is 49.4 Å².